The van der Waals surface area contributed by atoms with Gasteiger partial charge in [0.25, 0.3) is 0 Å². The number of hydrogen-bond donors (Lipinski definition) is 1. The van der Waals surface area contributed by atoms with Crippen LogP contribution in [0.25, 0.3) is 0 Å². The zero-order valence-electron chi connectivity index (χ0n) is 22.7. The van der Waals surface area contributed by atoms with Crippen molar-refractivity contribution in [2.75, 3.05) is 12.0 Å². The molecule has 14 heteroatoms. The molecule has 4 aliphatic rings. The Bertz CT molecular complexity index is 1270. The maximum absolute atomic E-state index is 12.9. The van der Waals surface area contributed by atoms with E-state index in [1.165, 1.54) is 24.8 Å². The minimum atomic E-state index is -5.98. The van der Waals surface area contributed by atoms with Gasteiger partial charge in [-0.2, -0.15) is 33.4 Å². The van der Waals surface area contributed by atoms with Crippen molar-refractivity contribution in [2.24, 2.45) is 17.3 Å². The van der Waals surface area contributed by atoms with Crippen molar-refractivity contribution >= 4 is 40.7 Å². The van der Waals surface area contributed by atoms with E-state index in [1.54, 1.807) is 6.26 Å². The first kappa shape index (κ1) is 30.2. The number of nitrogens with one attached hydrogen (secondary N) is 1. The van der Waals surface area contributed by atoms with E-state index < -0.39 is 45.8 Å². The third kappa shape index (κ3) is 5.33. The van der Waals surface area contributed by atoms with Gasteiger partial charge in [-0.05, 0) is 80.7 Å². The predicted octanol–water partition coefficient (Wildman–Crippen LogP) is 4.08. The topological polar surface area (TPSA) is 108 Å². The molecule has 3 aliphatic carbocycles. The average Bonchev–Trinajstić information content (AvgIpc) is 3.16. The molecule has 1 aromatic rings. The standard InChI is InChI=1S/C25H33BF3NO7S2/c1-13-15(7-8-17(22(13)14(2)31)36-39(33,34)25(27,28)29)9-20(30-21(32)12-38-6)26-35-19-11-16-10-18(23(16,3)4)24(19,5)37-26/h7-8,16,18-20H,9-12H2,1-6H3,(H,30,32)/t16-,18-,19?,20-,24-/m0/s1. The Kier molecular flexibility index (Phi) is 7.94. The molecular weight excluding hydrogens is 558 g/mol. The molecule has 39 heavy (non-hydrogen) atoms. The Morgan fingerprint density at radius 2 is 1.92 bits per heavy atom. The number of Topliss-reactive ketones (excluding diaryl/α,β-unsaturated/α-hetero) is 1. The third-order valence-electron chi connectivity index (χ3n) is 8.73. The van der Waals surface area contributed by atoms with E-state index in [-0.39, 0.29) is 40.7 Å². The van der Waals surface area contributed by atoms with Gasteiger partial charge >= 0.3 is 22.7 Å². The smallest absolute Gasteiger partial charge is 0.404 e. The summed E-state index contributed by atoms with van der Waals surface area (Å²) >= 11 is 1.34. The molecule has 1 aliphatic heterocycles. The van der Waals surface area contributed by atoms with Crippen molar-refractivity contribution in [3.63, 3.8) is 0 Å². The SMILES string of the molecule is CSCC(=O)N[C@@H](Cc1ccc(OS(=O)(=O)C(F)(F)F)c(C(C)=O)c1C)B1OC2C[C@@H]3C[C@@H](C3(C)C)[C@]2(C)O1. The van der Waals surface area contributed by atoms with E-state index in [2.05, 4.69) is 23.3 Å². The summed E-state index contributed by atoms with van der Waals surface area (Å²) in [4.78, 5) is 25.1. The van der Waals surface area contributed by atoms with Crippen LogP contribution in [0.2, 0.25) is 0 Å². The molecule has 5 rings (SSSR count). The van der Waals surface area contributed by atoms with Crippen LogP contribution in [0, 0.1) is 24.2 Å². The van der Waals surface area contributed by atoms with Crippen molar-refractivity contribution in [2.45, 2.75) is 77.0 Å². The van der Waals surface area contributed by atoms with E-state index in [9.17, 15) is 31.2 Å². The molecule has 0 spiro atoms. The molecule has 5 atom stereocenters. The molecule has 8 nitrogen and oxygen atoms in total. The number of carbonyl (C=O) groups excluding carboxylic acids is 2. The second kappa shape index (κ2) is 10.3. The number of ketones is 1. The lowest BCUT2D eigenvalue weighted by molar-refractivity contribution is -0.199. The normalized spacial score (nSPS) is 28.3. The average molecular weight is 591 g/mol. The van der Waals surface area contributed by atoms with Gasteiger partial charge < -0.3 is 18.8 Å². The van der Waals surface area contributed by atoms with Crippen molar-refractivity contribution in [1.82, 2.24) is 5.32 Å². The molecule has 2 bridgehead atoms. The molecule has 3 saturated carbocycles. The fourth-order valence-electron chi connectivity index (χ4n) is 6.53. The Hall–Kier alpha value is -1.77. The van der Waals surface area contributed by atoms with Crippen LogP contribution in [0.3, 0.4) is 0 Å². The molecule has 0 radical (unpaired) electrons. The Labute approximate surface area is 231 Å². The van der Waals surface area contributed by atoms with Gasteiger partial charge in [0.1, 0.15) is 0 Å². The van der Waals surface area contributed by atoms with Gasteiger partial charge in [-0.15, -0.1) is 0 Å². The number of carbonyl (C=O) groups is 2. The minimum absolute atomic E-state index is 0.112. The molecule has 1 saturated heterocycles. The van der Waals surface area contributed by atoms with E-state index in [0.717, 1.165) is 25.8 Å². The highest BCUT2D eigenvalue weighted by Crippen LogP contribution is 2.65. The molecule has 1 unspecified atom stereocenters. The van der Waals surface area contributed by atoms with Crippen LogP contribution in [0.1, 0.15) is 62.0 Å². The zero-order valence-corrected chi connectivity index (χ0v) is 24.3. The summed E-state index contributed by atoms with van der Waals surface area (Å²) in [6.07, 6.45) is 3.66. The predicted molar refractivity (Wildman–Crippen MR) is 141 cm³/mol. The van der Waals surface area contributed by atoms with E-state index >= 15 is 0 Å². The maximum atomic E-state index is 12.9. The van der Waals surface area contributed by atoms with Gasteiger partial charge in [0.05, 0.1) is 29.0 Å². The van der Waals surface area contributed by atoms with Crippen molar-refractivity contribution in [3.05, 3.63) is 28.8 Å². The summed E-state index contributed by atoms with van der Waals surface area (Å²) in [6, 6.07) is 2.42. The largest absolute Gasteiger partial charge is 0.534 e. The first-order valence-corrected chi connectivity index (χ1v) is 15.5. The first-order valence-electron chi connectivity index (χ1n) is 12.7. The van der Waals surface area contributed by atoms with E-state index in [0.29, 0.717) is 17.4 Å². The highest BCUT2D eigenvalue weighted by molar-refractivity contribution is 7.99. The van der Waals surface area contributed by atoms with Gasteiger partial charge in [-0.3, -0.25) is 9.59 Å². The van der Waals surface area contributed by atoms with Gasteiger partial charge in [0.2, 0.25) is 5.91 Å². The highest BCUT2D eigenvalue weighted by Gasteiger charge is 2.68. The van der Waals surface area contributed by atoms with Crippen molar-refractivity contribution in [1.29, 1.82) is 0 Å². The first-order chi connectivity index (χ1) is 17.9. The number of amides is 1. The highest BCUT2D eigenvalue weighted by atomic mass is 32.2. The van der Waals surface area contributed by atoms with Crippen LogP contribution < -0.4 is 9.50 Å². The summed E-state index contributed by atoms with van der Waals surface area (Å²) in [5.41, 5.74) is -5.62. The second-order valence-electron chi connectivity index (χ2n) is 11.4. The fourth-order valence-corrected chi connectivity index (χ4v) is 7.34. The molecule has 216 valence electrons. The molecule has 1 N–H and O–H groups in total. The van der Waals surface area contributed by atoms with Crippen molar-refractivity contribution < 1.29 is 44.7 Å². The van der Waals surface area contributed by atoms with Crippen molar-refractivity contribution in [3.8, 4) is 5.75 Å². The lowest BCUT2D eigenvalue weighted by Crippen LogP contribution is -2.65. The number of rotatable bonds is 9. The van der Waals surface area contributed by atoms with Crippen LogP contribution in [-0.2, 0) is 30.6 Å². The van der Waals surface area contributed by atoms with Gasteiger partial charge in [0, 0.05) is 0 Å². The lowest BCUT2D eigenvalue weighted by Gasteiger charge is -2.64. The van der Waals surface area contributed by atoms with Gasteiger partial charge in [0.15, 0.2) is 11.5 Å². The molecule has 4 fully saturated rings. The lowest BCUT2D eigenvalue weighted by atomic mass is 9.43. The minimum Gasteiger partial charge on any atom is -0.404 e. The molecule has 1 aromatic carbocycles. The van der Waals surface area contributed by atoms with Crippen LogP contribution in [0.4, 0.5) is 13.2 Å². The summed E-state index contributed by atoms with van der Waals surface area (Å²) in [5.74, 6) is -1.28. The fraction of sp³-hybridized carbons (Fsp3) is 0.680. The summed E-state index contributed by atoms with van der Waals surface area (Å²) in [7, 11) is -6.77. The van der Waals surface area contributed by atoms with Crippen LogP contribution in [0.5, 0.6) is 5.75 Å². The number of alkyl halides is 3. The van der Waals surface area contributed by atoms with Gasteiger partial charge in [-0.25, -0.2) is 0 Å². The Balaban J connectivity index is 1.64. The summed E-state index contributed by atoms with van der Waals surface area (Å²) in [5, 5.41) is 2.96. The Morgan fingerprint density at radius 3 is 2.49 bits per heavy atom. The number of benzene rings is 1. The van der Waals surface area contributed by atoms with E-state index in [1.807, 2.05) is 6.92 Å². The van der Waals surface area contributed by atoms with E-state index in [4.69, 9.17) is 9.31 Å². The Morgan fingerprint density at radius 1 is 1.26 bits per heavy atom. The molecular formula is C25H33BF3NO7S2. The van der Waals surface area contributed by atoms with Crippen LogP contribution in [-0.4, -0.2) is 62.4 Å². The molecule has 1 amide bonds. The quantitative estimate of drug-likeness (QED) is 0.198. The van der Waals surface area contributed by atoms with Gasteiger partial charge in [-0.1, -0.05) is 19.9 Å². The van der Waals surface area contributed by atoms with Crippen LogP contribution in [0.15, 0.2) is 12.1 Å². The maximum Gasteiger partial charge on any atom is 0.534 e. The number of halogens is 3. The second-order valence-corrected chi connectivity index (χ2v) is 13.8. The molecule has 0 aromatic heterocycles. The zero-order chi connectivity index (χ0) is 29.1. The third-order valence-corrected chi connectivity index (χ3v) is 10.2. The molecule has 1 heterocycles. The summed E-state index contributed by atoms with van der Waals surface area (Å²) in [6.45, 7) is 9.12. The van der Waals surface area contributed by atoms with Crippen LogP contribution >= 0.6 is 11.8 Å². The number of hydrogen-bond acceptors (Lipinski definition) is 8. The summed E-state index contributed by atoms with van der Waals surface area (Å²) < 4.78 is 79.3. The number of thioether (sulfide) groups is 1. The monoisotopic (exact) mass is 591 g/mol.